The van der Waals surface area contributed by atoms with Gasteiger partial charge in [-0.3, -0.25) is 14.2 Å². The van der Waals surface area contributed by atoms with E-state index in [0.717, 1.165) is 24.0 Å². The first-order valence-electron chi connectivity index (χ1n) is 12.3. The number of hydrogen-bond acceptors (Lipinski definition) is 6. The molecule has 2 aromatic rings. The van der Waals surface area contributed by atoms with Crippen LogP contribution in [0.4, 0.5) is 4.79 Å². The van der Waals surface area contributed by atoms with Crippen LogP contribution in [0.3, 0.4) is 0 Å². The Morgan fingerprint density at radius 1 is 1.08 bits per heavy atom. The Bertz CT molecular complexity index is 1190. The standard InChI is InChI=1S/C25H31N4O7P/c1-2-36-25(32)29-12-10-28(11-13-29)24(31)22(16-37(33,34)35)27-23(30)21-15-19(17-8-9-17)14-20(26-21)18-6-4-3-5-7-18/h3-7,14-15,17,22H,2,8-13,16H2,1H3,(H,27,30)(H2,33,34,35)/t22-/m0/s1. The quantitative estimate of drug-likeness (QED) is 0.440. The van der Waals surface area contributed by atoms with Gasteiger partial charge in [-0.15, -0.1) is 0 Å². The number of aromatic nitrogens is 1. The highest BCUT2D eigenvalue weighted by molar-refractivity contribution is 7.51. The number of ether oxygens (including phenoxy) is 1. The van der Waals surface area contributed by atoms with Gasteiger partial charge in [-0.05, 0) is 43.4 Å². The van der Waals surface area contributed by atoms with Crippen LogP contribution in [0.1, 0.15) is 41.7 Å². The SMILES string of the molecule is CCOC(=O)N1CCN(C(=O)[C@H](CP(=O)(O)O)NC(=O)c2cc(C3CC3)cc(-c3ccccc3)n2)CC1. The van der Waals surface area contributed by atoms with Crippen molar-refractivity contribution in [1.29, 1.82) is 0 Å². The molecule has 2 fully saturated rings. The summed E-state index contributed by atoms with van der Waals surface area (Å²) in [6, 6.07) is 11.6. The van der Waals surface area contributed by atoms with Crippen molar-refractivity contribution in [2.45, 2.75) is 31.7 Å². The molecule has 198 valence electrons. The number of rotatable bonds is 8. The summed E-state index contributed by atoms with van der Waals surface area (Å²) in [5.74, 6) is -0.973. The van der Waals surface area contributed by atoms with Gasteiger partial charge in [0.25, 0.3) is 5.91 Å². The third-order valence-electron chi connectivity index (χ3n) is 6.34. The summed E-state index contributed by atoms with van der Waals surface area (Å²) in [7, 11) is -4.65. The smallest absolute Gasteiger partial charge is 0.409 e. The van der Waals surface area contributed by atoms with Crippen molar-refractivity contribution < 1.29 is 33.5 Å². The van der Waals surface area contributed by atoms with Crippen LogP contribution < -0.4 is 5.32 Å². The number of carbonyl (C=O) groups is 3. The van der Waals surface area contributed by atoms with Crippen molar-refractivity contribution in [3.05, 3.63) is 53.7 Å². The molecule has 2 aliphatic rings. The predicted octanol–water partition coefficient (Wildman–Crippen LogP) is 2.20. The summed E-state index contributed by atoms with van der Waals surface area (Å²) in [6.45, 7) is 2.66. The molecule has 1 aromatic carbocycles. The minimum atomic E-state index is -4.65. The molecule has 1 saturated carbocycles. The van der Waals surface area contributed by atoms with E-state index in [1.165, 1.54) is 9.80 Å². The normalized spacial score (nSPS) is 16.7. The summed E-state index contributed by atoms with van der Waals surface area (Å²) in [6.07, 6.45) is 0.696. The summed E-state index contributed by atoms with van der Waals surface area (Å²) in [5.41, 5.74) is 2.50. The third-order valence-corrected chi connectivity index (χ3v) is 7.18. The molecule has 1 atom stereocenters. The molecule has 2 heterocycles. The zero-order chi connectivity index (χ0) is 26.6. The van der Waals surface area contributed by atoms with Crippen LogP contribution in [0.15, 0.2) is 42.5 Å². The van der Waals surface area contributed by atoms with Gasteiger partial charge in [-0.1, -0.05) is 30.3 Å². The fraction of sp³-hybridized carbons (Fsp3) is 0.440. The van der Waals surface area contributed by atoms with Crippen molar-refractivity contribution >= 4 is 25.5 Å². The van der Waals surface area contributed by atoms with Crippen LogP contribution in [-0.2, 0) is 14.1 Å². The molecule has 3 amide bonds. The van der Waals surface area contributed by atoms with Gasteiger partial charge in [0, 0.05) is 31.7 Å². The third kappa shape index (κ3) is 7.15. The van der Waals surface area contributed by atoms with E-state index in [-0.39, 0.29) is 38.5 Å². The Morgan fingerprint density at radius 3 is 2.32 bits per heavy atom. The number of carbonyl (C=O) groups excluding carboxylic acids is 3. The van der Waals surface area contributed by atoms with E-state index < -0.39 is 37.7 Å². The van der Waals surface area contributed by atoms with Crippen LogP contribution in [0, 0.1) is 0 Å². The lowest BCUT2D eigenvalue weighted by atomic mass is 10.0. The summed E-state index contributed by atoms with van der Waals surface area (Å²) in [4.78, 5) is 65.0. The Morgan fingerprint density at radius 2 is 1.73 bits per heavy atom. The van der Waals surface area contributed by atoms with Crippen molar-refractivity contribution in [3.8, 4) is 11.3 Å². The van der Waals surface area contributed by atoms with E-state index in [2.05, 4.69) is 10.3 Å². The minimum Gasteiger partial charge on any atom is -0.450 e. The highest BCUT2D eigenvalue weighted by atomic mass is 31.2. The molecular formula is C25H31N4O7P. The second-order valence-electron chi connectivity index (χ2n) is 9.20. The maximum absolute atomic E-state index is 13.3. The Balaban J connectivity index is 1.52. The Hall–Kier alpha value is -3.27. The number of hydrogen-bond donors (Lipinski definition) is 3. The first kappa shape index (κ1) is 26.8. The molecule has 12 heteroatoms. The lowest BCUT2D eigenvalue weighted by molar-refractivity contribution is -0.134. The van der Waals surface area contributed by atoms with E-state index in [1.54, 1.807) is 13.0 Å². The van der Waals surface area contributed by atoms with Crippen molar-refractivity contribution in [2.24, 2.45) is 0 Å². The monoisotopic (exact) mass is 530 g/mol. The Labute approximate surface area is 215 Å². The molecule has 1 aliphatic heterocycles. The zero-order valence-corrected chi connectivity index (χ0v) is 21.5. The van der Waals surface area contributed by atoms with Gasteiger partial charge in [0.05, 0.1) is 18.5 Å². The lowest BCUT2D eigenvalue weighted by Gasteiger charge is -2.36. The molecule has 0 bridgehead atoms. The molecule has 0 unspecified atom stereocenters. The van der Waals surface area contributed by atoms with Crippen LogP contribution in [0.5, 0.6) is 0 Å². The number of amides is 3. The number of nitrogens with one attached hydrogen (secondary N) is 1. The highest BCUT2D eigenvalue weighted by Crippen LogP contribution is 2.41. The van der Waals surface area contributed by atoms with Crippen molar-refractivity contribution in [1.82, 2.24) is 20.1 Å². The van der Waals surface area contributed by atoms with E-state index >= 15 is 0 Å². The molecule has 37 heavy (non-hydrogen) atoms. The van der Waals surface area contributed by atoms with E-state index in [0.29, 0.717) is 11.6 Å². The molecule has 0 spiro atoms. The fourth-order valence-electron chi connectivity index (χ4n) is 4.28. The number of pyridine rings is 1. The van der Waals surface area contributed by atoms with Gasteiger partial charge in [0.2, 0.25) is 5.91 Å². The average molecular weight is 531 g/mol. The molecule has 0 radical (unpaired) electrons. The van der Waals surface area contributed by atoms with Gasteiger partial charge in [-0.2, -0.15) is 0 Å². The number of piperazine rings is 1. The molecule has 11 nitrogen and oxygen atoms in total. The lowest BCUT2D eigenvalue weighted by Crippen LogP contribution is -2.56. The minimum absolute atomic E-state index is 0.0823. The zero-order valence-electron chi connectivity index (χ0n) is 20.6. The van der Waals surface area contributed by atoms with Gasteiger partial charge in [0.15, 0.2) is 0 Å². The number of nitrogens with zero attached hydrogens (tertiary/aromatic N) is 3. The van der Waals surface area contributed by atoms with Crippen LogP contribution in [0.2, 0.25) is 0 Å². The molecule has 4 rings (SSSR count). The Kier molecular flexibility index (Phi) is 8.26. The predicted molar refractivity (Wildman–Crippen MR) is 135 cm³/mol. The van der Waals surface area contributed by atoms with Crippen molar-refractivity contribution in [2.75, 3.05) is 38.9 Å². The maximum Gasteiger partial charge on any atom is 0.409 e. The van der Waals surface area contributed by atoms with Crippen LogP contribution in [0.25, 0.3) is 11.3 Å². The second-order valence-corrected chi connectivity index (χ2v) is 10.9. The average Bonchev–Trinajstić information content (AvgIpc) is 3.73. The van der Waals surface area contributed by atoms with E-state index in [4.69, 9.17) is 4.74 Å². The molecule has 1 aliphatic carbocycles. The fourth-order valence-corrected chi connectivity index (χ4v) is 5.00. The van der Waals surface area contributed by atoms with Crippen LogP contribution >= 0.6 is 7.60 Å². The van der Waals surface area contributed by atoms with Gasteiger partial charge < -0.3 is 29.6 Å². The topological polar surface area (TPSA) is 149 Å². The largest absolute Gasteiger partial charge is 0.450 e. The van der Waals surface area contributed by atoms with Gasteiger partial charge >= 0.3 is 13.7 Å². The van der Waals surface area contributed by atoms with E-state index in [1.807, 2.05) is 36.4 Å². The summed E-state index contributed by atoms with van der Waals surface area (Å²) in [5, 5.41) is 2.52. The van der Waals surface area contributed by atoms with Gasteiger partial charge in [0.1, 0.15) is 11.7 Å². The van der Waals surface area contributed by atoms with E-state index in [9.17, 15) is 28.7 Å². The second kappa shape index (κ2) is 11.4. The van der Waals surface area contributed by atoms with Gasteiger partial charge in [-0.25, -0.2) is 9.78 Å². The molecule has 1 saturated heterocycles. The first-order valence-corrected chi connectivity index (χ1v) is 14.1. The molecular weight excluding hydrogens is 499 g/mol. The summed E-state index contributed by atoms with van der Waals surface area (Å²) < 4.78 is 16.8. The summed E-state index contributed by atoms with van der Waals surface area (Å²) >= 11 is 0. The molecule has 3 N–H and O–H groups in total. The first-order chi connectivity index (χ1) is 17.6. The highest BCUT2D eigenvalue weighted by Gasteiger charge is 2.35. The van der Waals surface area contributed by atoms with Crippen LogP contribution in [-0.4, -0.2) is 87.5 Å². The van der Waals surface area contributed by atoms with Crippen molar-refractivity contribution in [3.63, 3.8) is 0 Å². The number of benzene rings is 1. The molecule has 1 aromatic heterocycles. The maximum atomic E-state index is 13.3.